The number of ether oxygens (including phenoxy) is 2. The monoisotopic (exact) mass is 221 g/mol. The van der Waals surface area contributed by atoms with Crippen LogP contribution in [0.3, 0.4) is 0 Å². The minimum Gasteiger partial charge on any atom is -0.497 e. The summed E-state index contributed by atoms with van der Waals surface area (Å²) in [4.78, 5) is 0. The number of benzene rings is 1. The first-order valence-corrected chi connectivity index (χ1v) is 5.80. The molecule has 88 valence electrons. The van der Waals surface area contributed by atoms with Crippen molar-refractivity contribution in [2.75, 3.05) is 20.8 Å². The summed E-state index contributed by atoms with van der Waals surface area (Å²) in [6.07, 6.45) is 3.71. The zero-order valence-electron chi connectivity index (χ0n) is 9.95. The summed E-state index contributed by atoms with van der Waals surface area (Å²) >= 11 is 0. The van der Waals surface area contributed by atoms with Gasteiger partial charge in [-0.1, -0.05) is 6.42 Å². The Bertz CT molecular complexity index is 346. The lowest BCUT2D eigenvalue weighted by atomic mass is 9.96. The second-order valence-electron chi connectivity index (χ2n) is 4.11. The predicted octanol–water partition coefficient (Wildman–Crippen LogP) is 2.52. The molecule has 3 heteroatoms. The topological polar surface area (TPSA) is 30.5 Å². The standard InChI is InChI=1S/C13H19NO2/c1-15-10-6-7-13(16-2)11(9-10)12-5-3-4-8-14-12/h6-7,9,12,14H,3-5,8H2,1-2H3. The van der Waals surface area contributed by atoms with Crippen LogP contribution in [0.25, 0.3) is 0 Å². The zero-order valence-corrected chi connectivity index (χ0v) is 9.95. The van der Waals surface area contributed by atoms with E-state index in [4.69, 9.17) is 9.47 Å². The minimum atomic E-state index is 0.402. The predicted molar refractivity (Wildman–Crippen MR) is 64.1 cm³/mol. The molecule has 1 aromatic rings. The third-order valence-corrected chi connectivity index (χ3v) is 3.12. The Hall–Kier alpha value is -1.22. The number of rotatable bonds is 3. The Morgan fingerprint density at radius 2 is 2.06 bits per heavy atom. The van der Waals surface area contributed by atoms with Gasteiger partial charge in [-0.25, -0.2) is 0 Å². The molecule has 1 aliphatic heterocycles. The van der Waals surface area contributed by atoms with Crippen molar-refractivity contribution in [2.45, 2.75) is 25.3 Å². The van der Waals surface area contributed by atoms with E-state index >= 15 is 0 Å². The van der Waals surface area contributed by atoms with Gasteiger partial charge in [-0.2, -0.15) is 0 Å². The summed E-state index contributed by atoms with van der Waals surface area (Å²) in [5.41, 5.74) is 1.21. The first-order valence-electron chi connectivity index (χ1n) is 5.80. The van der Waals surface area contributed by atoms with Gasteiger partial charge in [-0.05, 0) is 37.6 Å². The number of methoxy groups -OCH3 is 2. The van der Waals surface area contributed by atoms with E-state index < -0.39 is 0 Å². The number of nitrogens with one attached hydrogen (secondary N) is 1. The number of hydrogen-bond donors (Lipinski definition) is 1. The molecule has 2 rings (SSSR count). The summed E-state index contributed by atoms with van der Waals surface area (Å²) in [5, 5.41) is 3.53. The van der Waals surface area contributed by atoms with Crippen molar-refractivity contribution in [3.8, 4) is 11.5 Å². The fourth-order valence-electron chi connectivity index (χ4n) is 2.23. The maximum Gasteiger partial charge on any atom is 0.123 e. The van der Waals surface area contributed by atoms with Crippen molar-refractivity contribution in [3.63, 3.8) is 0 Å². The Morgan fingerprint density at radius 1 is 1.19 bits per heavy atom. The summed E-state index contributed by atoms with van der Waals surface area (Å²) in [7, 11) is 3.41. The fourth-order valence-corrected chi connectivity index (χ4v) is 2.23. The first-order chi connectivity index (χ1) is 7.85. The van der Waals surface area contributed by atoms with Gasteiger partial charge in [0.2, 0.25) is 0 Å². The molecular weight excluding hydrogens is 202 g/mol. The molecule has 1 heterocycles. The fraction of sp³-hybridized carbons (Fsp3) is 0.538. The summed E-state index contributed by atoms with van der Waals surface area (Å²) in [5.74, 6) is 1.84. The van der Waals surface area contributed by atoms with Gasteiger partial charge in [0.15, 0.2) is 0 Å². The number of hydrogen-bond acceptors (Lipinski definition) is 3. The van der Waals surface area contributed by atoms with Crippen LogP contribution in [-0.2, 0) is 0 Å². The van der Waals surface area contributed by atoms with Crippen LogP contribution in [0.15, 0.2) is 18.2 Å². The molecule has 1 fully saturated rings. The van der Waals surface area contributed by atoms with Crippen molar-refractivity contribution in [3.05, 3.63) is 23.8 Å². The molecule has 1 aliphatic rings. The smallest absolute Gasteiger partial charge is 0.123 e. The summed E-state index contributed by atoms with van der Waals surface area (Å²) < 4.78 is 10.7. The van der Waals surface area contributed by atoms with E-state index in [0.29, 0.717) is 6.04 Å². The van der Waals surface area contributed by atoms with E-state index in [1.54, 1.807) is 14.2 Å². The molecule has 0 amide bonds. The molecule has 1 unspecified atom stereocenters. The summed E-state index contributed by atoms with van der Waals surface area (Å²) in [6, 6.07) is 6.39. The minimum absolute atomic E-state index is 0.402. The van der Waals surface area contributed by atoms with E-state index in [-0.39, 0.29) is 0 Å². The molecule has 0 spiro atoms. The third kappa shape index (κ3) is 2.30. The van der Waals surface area contributed by atoms with Gasteiger partial charge >= 0.3 is 0 Å². The highest BCUT2D eigenvalue weighted by molar-refractivity contribution is 5.42. The van der Waals surface area contributed by atoms with E-state index in [1.165, 1.54) is 24.8 Å². The highest BCUT2D eigenvalue weighted by atomic mass is 16.5. The number of piperidine rings is 1. The zero-order chi connectivity index (χ0) is 11.4. The second-order valence-corrected chi connectivity index (χ2v) is 4.11. The van der Waals surface area contributed by atoms with Gasteiger partial charge in [0.1, 0.15) is 11.5 Å². The van der Waals surface area contributed by atoms with E-state index in [1.807, 2.05) is 12.1 Å². The third-order valence-electron chi connectivity index (χ3n) is 3.12. The van der Waals surface area contributed by atoms with Crippen molar-refractivity contribution in [1.82, 2.24) is 5.32 Å². The molecule has 1 atom stereocenters. The maximum absolute atomic E-state index is 5.40. The van der Waals surface area contributed by atoms with Gasteiger partial charge in [-0.3, -0.25) is 0 Å². The lowest BCUT2D eigenvalue weighted by molar-refractivity contribution is 0.368. The maximum atomic E-state index is 5.40. The Labute approximate surface area is 96.8 Å². The molecule has 0 aromatic heterocycles. The first kappa shape index (κ1) is 11.3. The lowest BCUT2D eigenvalue weighted by Gasteiger charge is -2.25. The van der Waals surface area contributed by atoms with Crippen LogP contribution >= 0.6 is 0 Å². The molecule has 3 nitrogen and oxygen atoms in total. The molecule has 16 heavy (non-hydrogen) atoms. The van der Waals surface area contributed by atoms with Crippen molar-refractivity contribution in [2.24, 2.45) is 0 Å². The van der Waals surface area contributed by atoms with Crippen LogP contribution in [0, 0.1) is 0 Å². The van der Waals surface area contributed by atoms with Gasteiger partial charge < -0.3 is 14.8 Å². The highest BCUT2D eigenvalue weighted by Gasteiger charge is 2.18. The van der Waals surface area contributed by atoms with Crippen LogP contribution < -0.4 is 14.8 Å². The quantitative estimate of drug-likeness (QED) is 0.850. The van der Waals surface area contributed by atoms with E-state index in [2.05, 4.69) is 11.4 Å². The molecule has 0 radical (unpaired) electrons. The molecule has 0 bridgehead atoms. The second kappa shape index (κ2) is 5.21. The van der Waals surface area contributed by atoms with Gasteiger partial charge in [0, 0.05) is 11.6 Å². The van der Waals surface area contributed by atoms with Crippen LogP contribution in [0.1, 0.15) is 30.9 Å². The van der Waals surface area contributed by atoms with Crippen LogP contribution in [0.2, 0.25) is 0 Å². The molecule has 1 aromatic carbocycles. The molecule has 0 saturated carbocycles. The van der Waals surface area contributed by atoms with Gasteiger partial charge in [0.25, 0.3) is 0 Å². The molecule has 0 aliphatic carbocycles. The Balaban J connectivity index is 2.27. The van der Waals surface area contributed by atoms with Crippen LogP contribution in [0.5, 0.6) is 11.5 Å². The normalized spacial score (nSPS) is 20.5. The summed E-state index contributed by atoms with van der Waals surface area (Å²) in [6.45, 7) is 1.09. The Morgan fingerprint density at radius 3 is 2.69 bits per heavy atom. The van der Waals surface area contributed by atoms with Gasteiger partial charge in [-0.15, -0.1) is 0 Å². The average molecular weight is 221 g/mol. The van der Waals surface area contributed by atoms with Crippen molar-refractivity contribution in [1.29, 1.82) is 0 Å². The van der Waals surface area contributed by atoms with Crippen molar-refractivity contribution >= 4 is 0 Å². The molecular formula is C13H19NO2. The van der Waals surface area contributed by atoms with Crippen LogP contribution in [0.4, 0.5) is 0 Å². The largest absolute Gasteiger partial charge is 0.497 e. The lowest BCUT2D eigenvalue weighted by Crippen LogP contribution is -2.27. The molecule has 1 N–H and O–H groups in total. The SMILES string of the molecule is COc1ccc(OC)c(C2CCCCN2)c1. The molecule has 1 saturated heterocycles. The van der Waals surface area contributed by atoms with E-state index in [0.717, 1.165) is 18.0 Å². The van der Waals surface area contributed by atoms with Crippen LogP contribution in [-0.4, -0.2) is 20.8 Å². The van der Waals surface area contributed by atoms with Crippen molar-refractivity contribution < 1.29 is 9.47 Å². The van der Waals surface area contributed by atoms with E-state index in [9.17, 15) is 0 Å². The van der Waals surface area contributed by atoms with Gasteiger partial charge in [0.05, 0.1) is 14.2 Å². The Kier molecular flexibility index (Phi) is 3.67. The average Bonchev–Trinajstić information content (AvgIpc) is 2.39. The highest BCUT2D eigenvalue weighted by Crippen LogP contribution is 2.33.